The third-order valence-electron chi connectivity index (χ3n) is 6.20. The van der Waals surface area contributed by atoms with Crippen LogP contribution in [0.2, 0.25) is 0 Å². The molecule has 0 bridgehead atoms. The van der Waals surface area contributed by atoms with Crippen LogP contribution in [-0.2, 0) is 6.54 Å². The molecule has 0 fully saturated rings. The van der Waals surface area contributed by atoms with E-state index in [2.05, 4.69) is 94.5 Å². The summed E-state index contributed by atoms with van der Waals surface area (Å²) in [5, 5.41) is 0. The fourth-order valence-corrected chi connectivity index (χ4v) is 4.30. The summed E-state index contributed by atoms with van der Waals surface area (Å²) in [7, 11) is 0. The van der Waals surface area contributed by atoms with Crippen LogP contribution in [0.5, 0.6) is 0 Å². The summed E-state index contributed by atoms with van der Waals surface area (Å²) in [5.74, 6) is 1.05. The van der Waals surface area contributed by atoms with Gasteiger partial charge in [0.15, 0.2) is 0 Å². The molecule has 1 nitrogen and oxygen atoms in total. The summed E-state index contributed by atoms with van der Waals surface area (Å²) in [5.41, 5.74) is 7.83. The maximum Gasteiger partial charge on any atom is 0.0482 e. The number of hydrogen-bond donors (Lipinski definition) is 0. The van der Waals surface area contributed by atoms with E-state index in [4.69, 9.17) is 0 Å². The molecule has 2 aromatic rings. The summed E-state index contributed by atoms with van der Waals surface area (Å²) in [6.45, 7) is 23.3. The predicted octanol–water partition coefficient (Wildman–Crippen LogP) is 7.61. The summed E-state index contributed by atoms with van der Waals surface area (Å²) < 4.78 is 2.45. The van der Waals surface area contributed by atoms with Gasteiger partial charge in [0.05, 0.1) is 0 Å². The largest absolute Gasteiger partial charge is 0.344 e. The van der Waals surface area contributed by atoms with E-state index in [-0.39, 0.29) is 5.41 Å². The fourth-order valence-electron chi connectivity index (χ4n) is 4.30. The van der Waals surface area contributed by atoms with E-state index in [1.807, 2.05) is 0 Å². The first-order valence-corrected chi connectivity index (χ1v) is 10.5. The number of hydrogen-bond acceptors (Lipinski definition) is 0. The van der Waals surface area contributed by atoms with Crippen molar-refractivity contribution in [3.8, 4) is 0 Å². The van der Waals surface area contributed by atoms with E-state index in [9.17, 15) is 0 Å². The van der Waals surface area contributed by atoms with E-state index < -0.39 is 0 Å². The van der Waals surface area contributed by atoms with Gasteiger partial charge in [-0.1, -0.05) is 88.9 Å². The maximum atomic E-state index is 4.49. The van der Waals surface area contributed by atoms with Crippen LogP contribution in [0.1, 0.15) is 69.8 Å². The van der Waals surface area contributed by atoms with Crippen molar-refractivity contribution in [2.24, 2.45) is 11.3 Å². The number of benzene rings is 1. The van der Waals surface area contributed by atoms with Gasteiger partial charge in [0.2, 0.25) is 0 Å². The lowest BCUT2D eigenvalue weighted by molar-refractivity contribution is 0.438. The normalized spacial score (nSPS) is 17.2. The predicted molar refractivity (Wildman–Crippen MR) is 123 cm³/mol. The lowest BCUT2D eigenvalue weighted by atomic mass is 9.80. The molecule has 0 aliphatic carbocycles. The van der Waals surface area contributed by atoms with E-state index in [0.29, 0.717) is 11.8 Å². The SMILES string of the molecule is C=C(c1ccccc1)c1ccc2n1CCC2C(=C)CC(C)CC(=C)C(C)(C)C. The highest BCUT2D eigenvalue weighted by Crippen LogP contribution is 2.40. The minimum absolute atomic E-state index is 0.185. The molecule has 0 saturated carbocycles. The van der Waals surface area contributed by atoms with Gasteiger partial charge in [-0.15, -0.1) is 0 Å². The second-order valence-corrected chi connectivity index (χ2v) is 9.51. The minimum atomic E-state index is 0.185. The molecule has 0 radical (unpaired) electrons. The standard InChI is InChI=1S/C27H35N/c1-19(18-21(3)27(5,6)7)17-20(2)24-15-16-28-25(13-14-26(24)28)22(4)23-11-9-8-10-12-23/h8-14,19,24H,2-4,15-18H2,1,5-7H3. The lowest BCUT2D eigenvalue weighted by Gasteiger charge is -2.26. The first-order valence-electron chi connectivity index (χ1n) is 10.5. The van der Waals surface area contributed by atoms with Crippen LogP contribution in [0, 0.1) is 11.3 Å². The second-order valence-electron chi connectivity index (χ2n) is 9.51. The Kier molecular flexibility index (Phi) is 5.84. The third-order valence-corrected chi connectivity index (χ3v) is 6.20. The number of nitrogens with zero attached hydrogens (tertiary/aromatic N) is 1. The van der Waals surface area contributed by atoms with Crippen LogP contribution in [0.15, 0.2) is 73.3 Å². The number of allylic oxidation sites excluding steroid dienone is 2. The quantitative estimate of drug-likeness (QED) is 0.440. The van der Waals surface area contributed by atoms with Crippen LogP contribution >= 0.6 is 0 Å². The molecular formula is C27H35N. The Morgan fingerprint density at radius 1 is 1.04 bits per heavy atom. The monoisotopic (exact) mass is 373 g/mol. The minimum Gasteiger partial charge on any atom is -0.344 e. The molecule has 0 spiro atoms. The summed E-state index contributed by atoms with van der Waals surface area (Å²) >= 11 is 0. The molecule has 1 aliphatic rings. The van der Waals surface area contributed by atoms with Crippen LogP contribution in [0.3, 0.4) is 0 Å². The van der Waals surface area contributed by atoms with Crippen molar-refractivity contribution >= 4 is 5.57 Å². The molecule has 2 heterocycles. The van der Waals surface area contributed by atoms with Gasteiger partial charge in [-0.25, -0.2) is 0 Å². The molecule has 1 heteroatoms. The van der Waals surface area contributed by atoms with Crippen molar-refractivity contribution in [2.75, 3.05) is 0 Å². The first kappa shape index (κ1) is 20.5. The number of aromatic nitrogens is 1. The summed E-state index contributed by atoms with van der Waals surface area (Å²) in [6.07, 6.45) is 3.29. The highest BCUT2D eigenvalue weighted by atomic mass is 15.0. The highest BCUT2D eigenvalue weighted by molar-refractivity contribution is 5.77. The Balaban J connectivity index is 1.70. The van der Waals surface area contributed by atoms with E-state index in [0.717, 1.165) is 31.4 Å². The lowest BCUT2D eigenvalue weighted by Crippen LogP contribution is -2.12. The molecule has 148 valence electrons. The average Bonchev–Trinajstić information content (AvgIpc) is 3.22. The fraction of sp³-hybridized carbons (Fsp3) is 0.407. The van der Waals surface area contributed by atoms with Crippen LogP contribution in [-0.4, -0.2) is 4.57 Å². The molecule has 1 aromatic heterocycles. The number of rotatable bonds is 7. The molecule has 1 aromatic carbocycles. The van der Waals surface area contributed by atoms with Gasteiger partial charge in [-0.2, -0.15) is 0 Å². The second kappa shape index (κ2) is 7.99. The zero-order valence-corrected chi connectivity index (χ0v) is 18.1. The third kappa shape index (κ3) is 4.24. The van der Waals surface area contributed by atoms with Crippen molar-refractivity contribution < 1.29 is 0 Å². The molecular weight excluding hydrogens is 338 g/mol. The Morgan fingerprint density at radius 3 is 2.36 bits per heavy atom. The molecule has 0 N–H and O–H groups in total. The smallest absolute Gasteiger partial charge is 0.0482 e. The van der Waals surface area contributed by atoms with Gasteiger partial charge in [-0.05, 0) is 53.9 Å². The summed E-state index contributed by atoms with van der Waals surface area (Å²) in [6, 6.07) is 15.0. The van der Waals surface area contributed by atoms with Crippen LogP contribution in [0.25, 0.3) is 5.57 Å². The molecule has 2 unspecified atom stereocenters. The van der Waals surface area contributed by atoms with Gasteiger partial charge in [0, 0.05) is 23.9 Å². The van der Waals surface area contributed by atoms with E-state index >= 15 is 0 Å². The first-order chi connectivity index (χ1) is 13.2. The van der Waals surface area contributed by atoms with Crippen molar-refractivity contribution in [3.05, 3.63) is 90.3 Å². The van der Waals surface area contributed by atoms with Crippen LogP contribution < -0.4 is 0 Å². The van der Waals surface area contributed by atoms with Gasteiger partial charge < -0.3 is 4.57 Å². The van der Waals surface area contributed by atoms with E-state index in [1.54, 1.807) is 0 Å². The molecule has 2 atom stereocenters. The van der Waals surface area contributed by atoms with Crippen molar-refractivity contribution in [1.82, 2.24) is 4.57 Å². The Labute approximate surface area is 171 Å². The van der Waals surface area contributed by atoms with Crippen molar-refractivity contribution in [2.45, 2.75) is 59.4 Å². The van der Waals surface area contributed by atoms with Crippen LogP contribution in [0.4, 0.5) is 0 Å². The summed E-state index contributed by atoms with van der Waals surface area (Å²) in [4.78, 5) is 0. The van der Waals surface area contributed by atoms with Gasteiger partial charge in [-0.3, -0.25) is 0 Å². The zero-order chi connectivity index (χ0) is 20.5. The van der Waals surface area contributed by atoms with Gasteiger partial charge in [0.25, 0.3) is 0 Å². The highest BCUT2D eigenvalue weighted by Gasteiger charge is 2.28. The van der Waals surface area contributed by atoms with Crippen molar-refractivity contribution in [3.63, 3.8) is 0 Å². The average molecular weight is 374 g/mol. The molecule has 0 saturated heterocycles. The molecule has 0 amide bonds. The van der Waals surface area contributed by atoms with Gasteiger partial charge in [0.1, 0.15) is 0 Å². The van der Waals surface area contributed by atoms with Crippen molar-refractivity contribution in [1.29, 1.82) is 0 Å². The Morgan fingerprint density at radius 2 is 1.71 bits per heavy atom. The maximum absolute atomic E-state index is 4.49. The molecule has 3 rings (SSSR count). The Hall–Kier alpha value is -2.28. The Bertz CT molecular complexity index is 873. The topological polar surface area (TPSA) is 4.93 Å². The number of fused-ring (bicyclic) bond motifs is 1. The molecule has 28 heavy (non-hydrogen) atoms. The van der Waals surface area contributed by atoms with Gasteiger partial charge >= 0.3 is 0 Å². The van der Waals surface area contributed by atoms with E-state index in [1.165, 1.54) is 28.1 Å². The zero-order valence-electron chi connectivity index (χ0n) is 18.1. The molecule has 1 aliphatic heterocycles.